The average Bonchev–Trinajstić information content (AvgIpc) is 2.63. The first-order chi connectivity index (χ1) is 12.9. The SMILES string of the molecule is O=C(O)c1cccc(CN2C[C@H]([N+](=O)[O-])[C@@H](c3ccccc3Cl)CC2=O)c1. The fourth-order valence-electron chi connectivity index (χ4n) is 3.39. The minimum Gasteiger partial charge on any atom is -0.478 e. The van der Waals surface area contributed by atoms with E-state index in [4.69, 9.17) is 16.7 Å². The van der Waals surface area contributed by atoms with Crippen molar-refractivity contribution in [3.63, 3.8) is 0 Å². The topological polar surface area (TPSA) is 101 Å². The van der Waals surface area contributed by atoms with Gasteiger partial charge in [-0.2, -0.15) is 0 Å². The second-order valence-electron chi connectivity index (χ2n) is 6.46. The number of halogens is 1. The van der Waals surface area contributed by atoms with Crippen molar-refractivity contribution in [1.82, 2.24) is 4.90 Å². The highest BCUT2D eigenvalue weighted by Gasteiger charge is 2.42. The number of carbonyl (C=O) groups excluding carboxylic acids is 1. The first kappa shape index (κ1) is 18.8. The number of carboxylic acid groups (broad SMARTS) is 1. The summed E-state index contributed by atoms with van der Waals surface area (Å²) in [5, 5.41) is 21.1. The first-order valence-electron chi connectivity index (χ1n) is 8.34. The molecule has 1 amide bonds. The highest BCUT2D eigenvalue weighted by atomic mass is 35.5. The van der Waals surface area contributed by atoms with Gasteiger partial charge in [0.05, 0.1) is 18.0 Å². The van der Waals surface area contributed by atoms with Crippen LogP contribution in [0, 0.1) is 10.1 Å². The summed E-state index contributed by atoms with van der Waals surface area (Å²) >= 11 is 6.19. The van der Waals surface area contributed by atoms with Gasteiger partial charge >= 0.3 is 5.97 Å². The van der Waals surface area contributed by atoms with Crippen LogP contribution in [-0.2, 0) is 11.3 Å². The van der Waals surface area contributed by atoms with E-state index in [0.29, 0.717) is 16.1 Å². The average molecular weight is 389 g/mol. The number of amides is 1. The van der Waals surface area contributed by atoms with Crippen LogP contribution in [0.1, 0.15) is 33.8 Å². The van der Waals surface area contributed by atoms with E-state index in [1.807, 2.05) is 0 Å². The maximum Gasteiger partial charge on any atom is 0.335 e. The van der Waals surface area contributed by atoms with Crippen molar-refractivity contribution in [1.29, 1.82) is 0 Å². The van der Waals surface area contributed by atoms with Crippen molar-refractivity contribution in [2.75, 3.05) is 6.54 Å². The van der Waals surface area contributed by atoms with Crippen molar-refractivity contribution in [2.45, 2.75) is 24.9 Å². The summed E-state index contributed by atoms with van der Waals surface area (Å²) in [4.78, 5) is 36.4. The molecule has 1 N–H and O–H groups in total. The van der Waals surface area contributed by atoms with Gasteiger partial charge in [0, 0.05) is 22.9 Å². The third-order valence-electron chi connectivity index (χ3n) is 4.74. The van der Waals surface area contributed by atoms with Crippen LogP contribution in [0.5, 0.6) is 0 Å². The van der Waals surface area contributed by atoms with E-state index < -0.39 is 17.9 Å². The fraction of sp³-hybridized carbons (Fsp3) is 0.263. The number of benzene rings is 2. The van der Waals surface area contributed by atoms with Gasteiger partial charge in [0.1, 0.15) is 0 Å². The Kier molecular flexibility index (Phi) is 5.41. The van der Waals surface area contributed by atoms with Crippen LogP contribution < -0.4 is 0 Å². The molecule has 1 heterocycles. The Bertz CT molecular complexity index is 901. The normalized spacial score (nSPS) is 19.7. The molecule has 1 saturated heterocycles. The molecule has 1 aliphatic heterocycles. The smallest absolute Gasteiger partial charge is 0.335 e. The van der Waals surface area contributed by atoms with E-state index in [9.17, 15) is 19.7 Å². The number of hydrogen-bond donors (Lipinski definition) is 1. The van der Waals surface area contributed by atoms with Gasteiger partial charge in [-0.25, -0.2) is 4.79 Å². The summed E-state index contributed by atoms with van der Waals surface area (Å²) in [6.45, 7) is 0.0680. The van der Waals surface area contributed by atoms with E-state index in [0.717, 1.165) is 0 Å². The number of nitro groups is 1. The molecule has 0 aliphatic carbocycles. The number of aromatic carboxylic acids is 1. The predicted octanol–water partition coefficient (Wildman–Crippen LogP) is 3.20. The molecule has 3 rings (SSSR count). The molecule has 2 atom stereocenters. The molecule has 1 fully saturated rings. The Morgan fingerprint density at radius 1 is 1.26 bits per heavy atom. The summed E-state index contributed by atoms with van der Waals surface area (Å²) in [6, 6.07) is 12.1. The Morgan fingerprint density at radius 3 is 2.67 bits per heavy atom. The van der Waals surface area contributed by atoms with Gasteiger partial charge in [0.25, 0.3) is 0 Å². The predicted molar refractivity (Wildman–Crippen MR) is 98.4 cm³/mol. The molecular formula is C19H17ClN2O5. The lowest BCUT2D eigenvalue weighted by atomic mass is 9.85. The molecule has 0 radical (unpaired) electrons. The molecule has 0 saturated carbocycles. The van der Waals surface area contributed by atoms with Gasteiger partial charge in [-0.3, -0.25) is 14.9 Å². The molecule has 140 valence electrons. The molecule has 0 aromatic heterocycles. The third-order valence-corrected chi connectivity index (χ3v) is 5.09. The lowest BCUT2D eigenvalue weighted by Crippen LogP contribution is -2.49. The van der Waals surface area contributed by atoms with Crippen LogP contribution in [0.15, 0.2) is 48.5 Å². The lowest BCUT2D eigenvalue weighted by Gasteiger charge is -2.34. The Balaban J connectivity index is 1.84. The van der Waals surface area contributed by atoms with Gasteiger partial charge in [-0.05, 0) is 29.3 Å². The molecule has 0 spiro atoms. The quantitative estimate of drug-likeness (QED) is 0.626. The maximum atomic E-state index is 12.6. The molecule has 0 unspecified atom stereocenters. The summed E-state index contributed by atoms with van der Waals surface area (Å²) in [7, 11) is 0. The van der Waals surface area contributed by atoms with Crippen LogP contribution in [-0.4, -0.2) is 39.4 Å². The number of carboxylic acids is 1. The van der Waals surface area contributed by atoms with Crippen LogP contribution in [0.3, 0.4) is 0 Å². The van der Waals surface area contributed by atoms with Crippen molar-refractivity contribution in [2.24, 2.45) is 0 Å². The Hall–Kier alpha value is -2.93. The highest BCUT2D eigenvalue weighted by molar-refractivity contribution is 6.31. The Morgan fingerprint density at radius 2 is 2.00 bits per heavy atom. The summed E-state index contributed by atoms with van der Waals surface area (Å²) < 4.78 is 0. The second kappa shape index (κ2) is 7.75. The zero-order valence-corrected chi connectivity index (χ0v) is 15.0. The van der Waals surface area contributed by atoms with Gasteiger partial charge in [0.15, 0.2) is 0 Å². The van der Waals surface area contributed by atoms with Crippen molar-refractivity contribution < 1.29 is 19.6 Å². The standard InChI is InChI=1S/C19H17ClN2O5/c20-16-7-2-1-6-14(16)15-9-18(23)21(11-17(15)22(26)27)10-12-4-3-5-13(8-12)19(24)25/h1-8,15,17H,9-11H2,(H,24,25)/t15-,17+/m1/s1. The third kappa shape index (κ3) is 4.09. The van der Waals surface area contributed by atoms with Gasteiger partial charge < -0.3 is 10.0 Å². The number of likely N-dealkylation sites (tertiary alicyclic amines) is 1. The van der Waals surface area contributed by atoms with Crippen LogP contribution in [0.4, 0.5) is 0 Å². The zero-order valence-electron chi connectivity index (χ0n) is 14.2. The highest BCUT2D eigenvalue weighted by Crippen LogP contribution is 2.35. The van der Waals surface area contributed by atoms with E-state index in [1.165, 1.54) is 17.0 Å². The summed E-state index contributed by atoms with van der Waals surface area (Å²) in [5.74, 6) is -1.88. The summed E-state index contributed by atoms with van der Waals surface area (Å²) in [6.07, 6.45) is -0.0198. The van der Waals surface area contributed by atoms with Crippen LogP contribution in [0.2, 0.25) is 5.02 Å². The van der Waals surface area contributed by atoms with Crippen LogP contribution in [0.25, 0.3) is 0 Å². The minimum atomic E-state index is -1.07. The first-order valence-corrected chi connectivity index (χ1v) is 8.72. The molecule has 2 aromatic rings. The van der Waals surface area contributed by atoms with Gasteiger partial charge in [-0.15, -0.1) is 0 Å². The monoisotopic (exact) mass is 388 g/mol. The van der Waals surface area contributed by atoms with E-state index >= 15 is 0 Å². The van der Waals surface area contributed by atoms with Crippen molar-refractivity contribution >= 4 is 23.5 Å². The minimum absolute atomic E-state index is 0.0198. The van der Waals surface area contributed by atoms with Gasteiger partial charge in [0.2, 0.25) is 11.9 Å². The molecule has 27 heavy (non-hydrogen) atoms. The molecule has 8 heteroatoms. The zero-order chi connectivity index (χ0) is 19.6. The number of carbonyl (C=O) groups is 2. The number of piperidine rings is 1. The van der Waals surface area contributed by atoms with Crippen LogP contribution >= 0.6 is 11.6 Å². The van der Waals surface area contributed by atoms with Crippen molar-refractivity contribution in [3.8, 4) is 0 Å². The fourth-order valence-corrected chi connectivity index (χ4v) is 3.67. The molecule has 1 aliphatic rings. The molecule has 0 bridgehead atoms. The number of rotatable bonds is 5. The molecular weight excluding hydrogens is 372 g/mol. The van der Waals surface area contributed by atoms with E-state index in [2.05, 4.69) is 0 Å². The maximum absolute atomic E-state index is 12.6. The Labute approximate surface area is 160 Å². The number of nitrogens with zero attached hydrogens (tertiary/aromatic N) is 2. The van der Waals surface area contributed by atoms with E-state index in [-0.39, 0.29) is 35.9 Å². The second-order valence-corrected chi connectivity index (χ2v) is 6.87. The van der Waals surface area contributed by atoms with E-state index in [1.54, 1.807) is 36.4 Å². The summed E-state index contributed by atoms with van der Waals surface area (Å²) in [5.41, 5.74) is 1.32. The largest absolute Gasteiger partial charge is 0.478 e. The lowest BCUT2D eigenvalue weighted by molar-refractivity contribution is -0.528. The molecule has 7 nitrogen and oxygen atoms in total. The van der Waals surface area contributed by atoms with Crippen molar-refractivity contribution in [3.05, 3.63) is 80.4 Å². The van der Waals surface area contributed by atoms with Gasteiger partial charge in [-0.1, -0.05) is 41.9 Å². The molecule has 2 aromatic carbocycles. The number of hydrogen-bond acceptors (Lipinski definition) is 4.